The second-order valence-electron chi connectivity index (χ2n) is 8.63. The molecule has 1 amide bonds. The number of amides is 1. The predicted octanol–water partition coefficient (Wildman–Crippen LogP) is 5.04. The van der Waals surface area contributed by atoms with Gasteiger partial charge in [-0.25, -0.2) is 4.98 Å². The van der Waals surface area contributed by atoms with Gasteiger partial charge in [0, 0.05) is 23.9 Å². The van der Waals surface area contributed by atoms with Crippen LogP contribution in [0.4, 0.5) is 5.82 Å². The SMILES string of the molecule is COc1ccc(C(=O)Nc2ccc(-c3noc([C@@H]4CCCN4Cc4ccccc4C)n3)cn2)cc1. The average molecular weight is 470 g/mol. The highest BCUT2D eigenvalue weighted by Gasteiger charge is 2.31. The molecule has 8 heteroatoms. The number of rotatable bonds is 7. The smallest absolute Gasteiger partial charge is 0.256 e. The van der Waals surface area contributed by atoms with Gasteiger partial charge < -0.3 is 14.6 Å². The zero-order chi connectivity index (χ0) is 24.2. The van der Waals surface area contributed by atoms with Crippen molar-refractivity contribution < 1.29 is 14.1 Å². The van der Waals surface area contributed by atoms with Gasteiger partial charge in [-0.15, -0.1) is 0 Å². The number of carbonyl (C=O) groups excluding carboxylic acids is 1. The van der Waals surface area contributed by atoms with Crippen LogP contribution in [0.25, 0.3) is 11.4 Å². The average Bonchev–Trinajstić information content (AvgIpc) is 3.56. The monoisotopic (exact) mass is 469 g/mol. The highest BCUT2D eigenvalue weighted by Crippen LogP contribution is 2.33. The lowest BCUT2D eigenvalue weighted by Crippen LogP contribution is -2.23. The molecular weight excluding hydrogens is 442 g/mol. The van der Waals surface area contributed by atoms with Gasteiger partial charge >= 0.3 is 0 Å². The summed E-state index contributed by atoms with van der Waals surface area (Å²) < 4.78 is 10.8. The predicted molar refractivity (Wildman–Crippen MR) is 132 cm³/mol. The molecule has 1 fully saturated rings. The minimum absolute atomic E-state index is 0.104. The Balaban J connectivity index is 1.25. The Kier molecular flexibility index (Phi) is 6.54. The number of aromatic nitrogens is 3. The topological polar surface area (TPSA) is 93.4 Å². The number of aryl methyl sites for hydroxylation is 1. The third kappa shape index (κ3) is 5.07. The van der Waals surface area contributed by atoms with Gasteiger partial charge in [0.25, 0.3) is 5.91 Å². The van der Waals surface area contributed by atoms with Gasteiger partial charge in [0.05, 0.1) is 13.2 Å². The van der Waals surface area contributed by atoms with Gasteiger partial charge in [0.2, 0.25) is 11.7 Å². The van der Waals surface area contributed by atoms with Gasteiger partial charge in [0.15, 0.2) is 0 Å². The van der Waals surface area contributed by atoms with Gasteiger partial charge in [-0.2, -0.15) is 4.98 Å². The molecule has 0 unspecified atom stereocenters. The molecule has 0 radical (unpaired) electrons. The van der Waals surface area contributed by atoms with E-state index in [-0.39, 0.29) is 11.9 Å². The van der Waals surface area contributed by atoms with Crippen LogP contribution in [0, 0.1) is 6.92 Å². The number of anilines is 1. The lowest BCUT2D eigenvalue weighted by molar-refractivity contribution is 0.102. The lowest BCUT2D eigenvalue weighted by atomic mass is 10.1. The van der Waals surface area contributed by atoms with Crippen LogP contribution in [0.5, 0.6) is 5.75 Å². The number of likely N-dealkylation sites (tertiary alicyclic amines) is 1. The van der Waals surface area contributed by atoms with E-state index in [1.54, 1.807) is 43.6 Å². The number of ether oxygens (including phenoxy) is 1. The first-order valence-corrected chi connectivity index (χ1v) is 11.6. The second kappa shape index (κ2) is 10.1. The maximum atomic E-state index is 12.5. The number of nitrogens with zero attached hydrogens (tertiary/aromatic N) is 4. The number of benzene rings is 2. The van der Waals surface area contributed by atoms with Crippen LogP contribution in [0.1, 0.15) is 46.3 Å². The quantitative estimate of drug-likeness (QED) is 0.405. The molecule has 2 aromatic carbocycles. The molecule has 1 N–H and O–H groups in total. The van der Waals surface area contributed by atoms with Crippen molar-refractivity contribution in [1.29, 1.82) is 0 Å². The van der Waals surface area contributed by atoms with E-state index in [9.17, 15) is 4.79 Å². The van der Waals surface area contributed by atoms with Crippen molar-refractivity contribution in [3.63, 3.8) is 0 Å². The summed E-state index contributed by atoms with van der Waals surface area (Å²) in [5.74, 6) is 2.01. The van der Waals surface area contributed by atoms with E-state index >= 15 is 0 Å². The molecule has 4 aromatic rings. The zero-order valence-electron chi connectivity index (χ0n) is 19.8. The van der Waals surface area contributed by atoms with Crippen LogP contribution in [-0.4, -0.2) is 39.6 Å². The molecule has 178 valence electrons. The van der Waals surface area contributed by atoms with Crippen molar-refractivity contribution in [2.45, 2.75) is 32.4 Å². The van der Waals surface area contributed by atoms with Crippen LogP contribution in [0.2, 0.25) is 0 Å². The van der Waals surface area contributed by atoms with Gasteiger partial charge in [-0.1, -0.05) is 29.4 Å². The minimum Gasteiger partial charge on any atom is -0.497 e. The van der Waals surface area contributed by atoms with Crippen molar-refractivity contribution in [2.24, 2.45) is 0 Å². The van der Waals surface area contributed by atoms with Crippen LogP contribution in [0.3, 0.4) is 0 Å². The van der Waals surface area contributed by atoms with Crippen LogP contribution < -0.4 is 10.1 Å². The third-order valence-corrected chi connectivity index (χ3v) is 6.34. The van der Waals surface area contributed by atoms with E-state index in [0.717, 1.165) is 31.5 Å². The van der Waals surface area contributed by atoms with Crippen molar-refractivity contribution in [3.05, 3.63) is 89.4 Å². The Morgan fingerprint density at radius 2 is 1.97 bits per heavy atom. The molecule has 0 spiro atoms. The van der Waals surface area contributed by atoms with Crippen molar-refractivity contribution in [1.82, 2.24) is 20.0 Å². The first kappa shape index (κ1) is 22.7. The molecule has 5 rings (SSSR count). The molecule has 0 aliphatic carbocycles. The van der Waals surface area contributed by atoms with Crippen molar-refractivity contribution in [3.8, 4) is 17.1 Å². The summed E-state index contributed by atoms with van der Waals surface area (Å²) in [6, 6.07) is 19.0. The van der Waals surface area contributed by atoms with E-state index < -0.39 is 0 Å². The molecule has 8 nitrogen and oxygen atoms in total. The van der Waals surface area contributed by atoms with E-state index in [2.05, 4.69) is 56.5 Å². The Morgan fingerprint density at radius 1 is 1.14 bits per heavy atom. The van der Waals surface area contributed by atoms with Gasteiger partial charge in [-0.3, -0.25) is 9.69 Å². The minimum atomic E-state index is -0.246. The largest absolute Gasteiger partial charge is 0.497 e. The maximum Gasteiger partial charge on any atom is 0.256 e. The Morgan fingerprint density at radius 3 is 2.71 bits per heavy atom. The lowest BCUT2D eigenvalue weighted by Gasteiger charge is -2.22. The normalized spacial score (nSPS) is 15.8. The molecule has 1 aliphatic heterocycles. The summed E-state index contributed by atoms with van der Waals surface area (Å²) in [5, 5.41) is 6.99. The fraction of sp³-hybridized carbons (Fsp3) is 0.259. The standard InChI is InChI=1S/C27H27N5O3/c1-18-6-3-4-7-21(18)17-32-15-5-8-23(32)27-30-25(31-35-27)20-11-14-24(28-16-20)29-26(33)19-9-12-22(34-2)13-10-19/h3-4,6-7,9-14,16,23H,5,8,15,17H2,1-2H3,(H,28,29,33)/t23-/m0/s1. The second-order valence-corrected chi connectivity index (χ2v) is 8.63. The summed E-state index contributed by atoms with van der Waals surface area (Å²) in [6.07, 6.45) is 3.72. The van der Waals surface area contributed by atoms with Gasteiger partial charge in [-0.05, 0) is 73.8 Å². The van der Waals surface area contributed by atoms with Crippen LogP contribution in [0.15, 0.2) is 71.4 Å². The summed E-state index contributed by atoms with van der Waals surface area (Å²) in [5.41, 5.74) is 3.85. The Labute approximate surface area is 204 Å². The van der Waals surface area contributed by atoms with E-state index in [4.69, 9.17) is 9.26 Å². The summed E-state index contributed by atoms with van der Waals surface area (Å²) in [7, 11) is 1.59. The van der Waals surface area contributed by atoms with Crippen LogP contribution in [-0.2, 0) is 6.54 Å². The number of nitrogens with one attached hydrogen (secondary N) is 1. The third-order valence-electron chi connectivity index (χ3n) is 6.34. The summed E-state index contributed by atoms with van der Waals surface area (Å²) >= 11 is 0. The molecule has 1 atom stereocenters. The number of hydrogen-bond acceptors (Lipinski definition) is 7. The summed E-state index contributed by atoms with van der Waals surface area (Å²) in [6.45, 7) is 4.00. The molecule has 1 saturated heterocycles. The van der Waals surface area contributed by atoms with E-state index in [1.807, 2.05) is 6.07 Å². The molecule has 0 saturated carbocycles. The Hall–Kier alpha value is -4.04. The molecule has 0 bridgehead atoms. The zero-order valence-corrected chi connectivity index (χ0v) is 19.8. The molecular formula is C27H27N5O3. The van der Waals surface area contributed by atoms with Gasteiger partial charge in [0.1, 0.15) is 11.6 Å². The molecule has 2 aromatic heterocycles. The number of carbonyl (C=O) groups is 1. The first-order chi connectivity index (χ1) is 17.1. The number of hydrogen-bond donors (Lipinski definition) is 1. The van der Waals surface area contributed by atoms with Crippen LogP contribution >= 0.6 is 0 Å². The summed E-state index contributed by atoms with van der Waals surface area (Å²) in [4.78, 5) is 23.9. The Bertz CT molecular complexity index is 1300. The highest BCUT2D eigenvalue weighted by molar-refractivity contribution is 6.03. The fourth-order valence-electron chi connectivity index (χ4n) is 4.32. The van der Waals surface area contributed by atoms with E-state index in [0.29, 0.717) is 28.8 Å². The molecule has 1 aliphatic rings. The number of methoxy groups -OCH3 is 1. The van der Waals surface area contributed by atoms with Crippen molar-refractivity contribution in [2.75, 3.05) is 19.0 Å². The first-order valence-electron chi connectivity index (χ1n) is 11.6. The molecule has 3 heterocycles. The molecule has 35 heavy (non-hydrogen) atoms. The number of pyridine rings is 1. The van der Waals surface area contributed by atoms with E-state index in [1.165, 1.54) is 11.1 Å². The van der Waals surface area contributed by atoms with Crippen molar-refractivity contribution >= 4 is 11.7 Å². The fourth-order valence-corrected chi connectivity index (χ4v) is 4.32. The highest BCUT2D eigenvalue weighted by atomic mass is 16.5. The maximum absolute atomic E-state index is 12.5.